The number of fused-ring (bicyclic) bond motifs is 1. The number of aromatic nitrogens is 1. The van der Waals surface area contributed by atoms with Gasteiger partial charge in [-0.15, -0.1) is 0 Å². The number of carbonyl (C=O) groups is 2. The van der Waals surface area contributed by atoms with Crippen molar-refractivity contribution < 1.29 is 18.7 Å². The third kappa shape index (κ3) is 4.20. The molecule has 26 heavy (non-hydrogen) atoms. The Kier molecular flexibility index (Phi) is 5.52. The number of para-hydroxylation sites is 3. The molecule has 1 N–H and O–H groups in total. The summed E-state index contributed by atoms with van der Waals surface area (Å²) in [5, 5.41) is 2.64. The maximum absolute atomic E-state index is 11.9. The molecule has 0 bridgehead atoms. The molecule has 1 amide bonds. The number of benzene rings is 2. The predicted molar refractivity (Wildman–Crippen MR) is 98.8 cm³/mol. The third-order valence-electron chi connectivity index (χ3n) is 3.63. The van der Waals surface area contributed by atoms with Gasteiger partial charge in [0, 0.05) is 11.0 Å². The van der Waals surface area contributed by atoms with Gasteiger partial charge in [0.1, 0.15) is 0 Å². The van der Waals surface area contributed by atoms with E-state index in [2.05, 4.69) is 21.2 Å². The van der Waals surface area contributed by atoms with Gasteiger partial charge >= 0.3 is 11.7 Å². The smallest absolute Gasteiger partial charge is 0.419 e. The fraction of sp³-hybridized carbons (Fsp3) is 0.167. The highest BCUT2D eigenvalue weighted by Crippen LogP contribution is 2.20. The van der Waals surface area contributed by atoms with Crippen molar-refractivity contribution in [1.29, 1.82) is 0 Å². The summed E-state index contributed by atoms with van der Waals surface area (Å²) < 4.78 is 12.1. The minimum absolute atomic E-state index is 0.0499. The topological polar surface area (TPSA) is 90.5 Å². The van der Waals surface area contributed by atoms with Crippen molar-refractivity contribution in [2.24, 2.45) is 0 Å². The van der Waals surface area contributed by atoms with Crippen LogP contribution in [0.1, 0.15) is 6.42 Å². The first-order valence-electron chi connectivity index (χ1n) is 7.83. The molecule has 3 rings (SSSR count). The molecule has 0 radical (unpaired) electrons. The van der Waals surface area contributed by atoms with Gasteiger partial charge < -0.3 is 14.5 Å². The molecular weight excluding hydrogens is 404 g/mol. The highest BCUT2D eigenvalue weighted by molar-refractivity contribution is 9.10. The fourth-order valence-corrected chi connectivity index (χ4v) is 2.78. The molecule has 1 heterocycles. The van der Waals surface area contributed by atoms with Gasteiger partial charge in [-0.25, -0.2) is 4.79 Å². The average molecular weight is 419 g/mol. The van der Waals surface area contributed by atoms with Gasteiger partial charge in [-0.1, -0.05) is 24.3 Å². The second kappa shape index (κ2) is 8.01. The van der Waals surface area contributed by atoms with Crippen molar-refractivity contribution in [3.05, 3.63) is 63.6 Å². The summed E-state index contributed by atoms with van der Waals surface area (Å²) in [4.78, 5) is 35.5. The van der Waals surface area contributed by atoms with E-state index in [1.807, 2.05) is 6.07 Å². The zero-order chi connectivity index (χ0) is 18.5. The Labute approximate surface area is 156 Å². The number of hydrogen-bond acceptors (Lipinski definition) is 5. The maximum atomic E-state index is 11.9. The van der Waals surface area contributed by atoms with E-state index in [0.717, 1.165) is 4.47 Å². The number of anilines is 1. The fourth-order valence-electron chi connectivity index (χ4n) is 2.40. The molecule has 0 saturated carbocycles. The van der Waals surface area contributed by atoms with Crippen LogP contribution in [0.2, 0.25) is 0 Å². The van der Waals surface area contributed by atoms with Crippen LogP contribution in [0.15, 0.2) is 62.2 Å². The SMILES string of the molecule is O=C(COC(=O)CCn1c(=O)oc2ccccc21)Nc1ccccc1Br. The van der Waals surface area contributed by atoms with E-state index < -0.39 is 24.2 Å². The summed E-state index contributed by atoms with van der Waals surface area (Å²) in [7, 11) is 0. The number of oxazole rings is 1. The molecule has 0 atom stereocenters. The Bertz CT molecular complexity index is 1010. The highest BCUT2D eigenvalue weighted by atomic mass is 79.9. The molecule has 8 heteroatoms. The van der Waals surface area contributed by atoms with E-state index in [1.165, 1.54) is 4.57 Å². The standard InChI is InChI=1S/C18H15BrN2O5/c19-12-5-1-2-6-13(12)20-16(22)11-25-17(23)9-10-21-14-7-3-4-8-15(14)26-18(21)24/h1-8H,9-11H2,(H,20,22). The van der Waals surface area contributed by atoms with Crippen molar-refractivity contribution in [2.45, 2.75) is 13.0 Å². The summed E-state index contributed by atoms with van der Waals surface area (Å²) in [6.07, 6.45) is -0.0499. The molecule has 0 aliphatic carbocycles. The van der Waals surface area contributed by atoms with Gasteiger partial charge in [0.2, 0.25) is 0 Å². The van der Waals surface area contributed by atoms with Gasteiger partial charge in [0.05, 0.1) is 17.6 Å². The van der Waals surface area contributed by atoms with Gasteiger partial charge in [-0.3, -0.25) is 14.2 Å². The van der Waals surface area contributed by atoms with Crippen LogP contribution in [0.5, 0.6) is 0 Å². The van der Waals surface area contributed by atoms with Crippen LogP contribution in [-0.4, -0.2) is 23.1 Å². The first-order valence-corrected chi connectivity index (χ1v) is 8.62. The molecular formula is C18H15BrN2O5. The van der Waals surface area contributed by atoms with Crippen LogP contribution in [0.25, 0.3) is 11.1 Å². The maximum Gasteiger partial charge on any atom is 0.419 e. The molecule has 2 aromatic carbocycles. The van der Waals surface area contributed by atoms with Crippen LogP contribution in [0, 0.1) is 0 Å². The number of nitrogens with zero attached hydrogens (tertiary/aromatic N) is 1. The summed E-state index contributed by atoms with van der Waals surface area (Å²) in [5.74, 6) is -1.56. The number of carbonyl (C=O) groups excluding carboxylic acids is 2. The van der Waals surface area contributed by atoms with Crippen molar-refractivity contribution in [1.82, 2.24) is 4.57 Å². The lowest BCUT2D eigenvalue weighted by molar-refractivity contribution is -0.147. The predicted octanol–water partition coefficient (Wildman–Crippen LogP) is 2.93. The molecule has 0 fully saturated rings. The van der Waals surface area contributed by atoms with Crippen LogP contribution in [0.4, 0.5) is 5.69 Å². The van der Waals surface area contributed by atoms with Crippen molar-refractivity contribution in [3.63, 3.8) is 0 Å². The zero-order valence-corrected chi connectivity index (χ0v) is 15.2. The monoisotopic (exact) mass is 418 g/mol. The number of hydrogen-bond donors (Lipinski definition) is 1. The van der Waals surface area contributed by atoms with E-state index >= 15 is 0 Å². The van der Waals surface area contributed by atoms with E-state index in [9.17, 15) is 14.4 Å². The third-order valence-corrected chi connectivity index (χ3v) is 4.32. The van der Waals surface area contributed by atoms with Crippen molar-refractivity contribution >= 4 is 44.6 Å². The lowest BCUT2D eigenvalue weighted by Gasteiger charge is -2.08. The second-order valence-electron chi connectivity index (χ2n) is 5.43. The van der Waals surface area contributed by atoms with E-state index in [4.69, 9.17) is 9.15 Å². The van der Waals surface area contributed by atoms with Gasteiger partial charge in [-0.2, -0.15) is 0 Å². The number of amides is 1. The molecule has 1 aromatic heterocycles. The number of aryl methyl sites for hydroxylation is 1. The van der Waals surface area contributed by atoms with Gasteiger partial charge in [0.15, 0.2) is 12.2 Å². The van der Waals surface area contributed by atoms with Gasteiger partial charge in [-0.05, 0) is 40.2 Å². The lowest BCUT2D eigenvalue weighted by Crippen LogP contribution is -2.22. The quantitative estimate of drug-likeness (QED) is 0.621. The normalized spacial score (nSPS) is 10.7. The number of esters is 1. The molecule has 7 nitrogen and oxygen atoms in total. The Hall–Kier alpha value is -2.87. The molecule has 134 valence electrons. The Morgan fingerprint density at radius 1 is 1.12 bits per heavy atom. The molecule has 0 spiro atoms. The Morgan fingerprint density at radius 3 is 2.65 bits per heavy atom. The number of nitrogens with one attached hydrogen (secondary N) is 1. The highest BCUT2D eigenvalue weighted by Gasteiger charge is 2.13. The van der Waals surface area contributed by atoms with E-state index in [-0.39, 0.29) is 13.0 Å². The minimum Gasteiger partial charge on any atom is -0.456 e. The summed E-state index contributed by atoms with van der Waals surface area (Å²) in [5.41, 5.74) is 1.65. The largest absolute Gasteiger partial charge is 0.456 e. The van der Waals surface area contributed by atoms with E-state index in [0.29, 0.717) is 16.8 Å². The molecule has 0 aliphatic heterocycles. The first-order chi connectivity index (χ1) is 12.5. The lowest BCUT2D eigenvalue weighted by atomic mass is 10.3. The second-order valence-corrected chi connectivity index (χ2v) is 6.28. The molecule has 0 aliphatic rings. The molecule has 3 aromatic rings. The number of halogens is 1. The van der Waals surface area contributed by atoms with Crippen LogP contribution >= 0.6 is 15.9 Å². The van der Waals surface area contributed by atoms with Crippen molar-refractivity contribution in [3.8, 4) is 0 Å². The van der Waals surface area contributed by atoms with Crippen LogP contribution in [0.3, 0.4) is 0 Å². The molecule has 0 unspecified atom stereocenters. The minimum atomic E-state index is -0.579. The van der Waals surface area contributed by atoms with Gasteiger partial charge in [0.25, 0.3) is 5.91 Å². The average Bonchev–Trinajstić information content (AvgIpc) is 2.95. The van der Waals surface area contributed by atoms with Crippen molar-refractivity contribution in [2.75, 3.05) is 11.9 Å². The zero-order valence-electron chi connectivity index (χ0n) is 13.6. The number of rotatable bonds is 6. The number of ether oxygens (including phenoxy) is 1. The van der Waals surface area contributed by atoms with Crippen LogP contribution in [-0.2, 0) is 20.9 Å². The summed E-state index contributed by atoms with van der Waals surface area (Å²) >= 11 is 3.31. The Balaban J connectivity index is 1.51. The Morgan fingerprint density at radius 2 is 1.85 bits per heavy atom. The molecule has 0 saturated heterocycles. The van der Waals surface area contributed by atoms with Crippen LogP contribution < -0.4 is 11.1 Å². The summed E-state index contributed by atoms with van der Waals surface area (Å²) in [6.45, 7) is -0.290. The van der Waals surface area contributed by atoms with E-state index in [1.54, 1.807) is 42.5 Å². The first kappa shape index (κ1) is 17.9. The summed E-state index contributed by atoms with van der Waals surface area (Å²) in [6, 6.07) is 14.1.